The van der Waals surface area contributed by atoms with Gasteiger partial charge in [0.15, 0.2) is 0 Å². The van der Waals surface area contributed by atoms with Gasteiger partial charge < -0.3 is 10.2 Å². The van der Waals surface area contributed by atoms with Crippen LogP contribution < -0.4 is 10.2 Å². The van der Waals surface area contributed by atoms with Crippen LogP contribution in [0.5, 0.6) is 0 Å². The average molecular weight is 303 g/mol. The third-order valence-electron chi connectivity index (χ3n) is 3.81. The van der Waals surface area contributed by atoms with Crippen LogP contribution in [0.4, 0.5) is 5.69 Å². The van der Waals surface area contributed by atoms with E-state index in [2.05, 4.69) is 60.6 Å². The maximum Gasteiger partial charge on any atom is 0.0426 e. The fourth-order valence-corrected chi connectivity index (χ4v) is 2.78. The van der Waals surface area contributed by atoms with E-state index in [-0.39, 0.29) is 0 Å². The number of nitrogens with one attached hydrogen (secondary N) is 1. The highest BCUT2D eigenvalue weighted by Gasteiger charge is 2.14. The summed E-state index contributed by atoms with van der Waals surface area (Å²) in [4.78, 5) is 2.29. The quantitative estimate of drug-likeness (QED) is 0.836. The zero-order valence-corrected chi connectivity index (χ0v) is 13.7. The van der Waals surface area contributed by atoms with Gasteiger partial charge in [0, 0.05) is 30.3 Å². The molecule has 1 N–H and O–H groups in total. The molecule has 0 heterocycles. The van der Waals surface area contributed by atoms with Gasteiger partial charge in [-0.2, -0.15) is 0 Å². The molecule has 21 heavy (non-hydrogen) atoms. The van der Waals surface area contributed by atoms with Gasteiger partial charge in [-0.05, 0) is 42.8 Å². The molecule has 0 aliphatic heterocycles. The molecule has 0 spiro atoms. The molecule has 2 nitrogen and oxygen atoms in total. The summed E-state index contributed by atoms with van der Waals surface area (Å²) in [5.41, 5.74) is 3.88. The molecule has 1 unspecified atom stereocenters. The monoisotopic (exact) mass is 302 g/mol. The fraction of sp³-hybridized carbons (Fsp3) is 0.333. The minimum atomic E-state index is 0.383. The SMILES string of the molecule is CCC(NC)c1ccccc1N(C)Cc1ccc(Cl)cc1. The molecule has 0 aliphatic carbocycles. The van der Waals surface area contributed by atoms with Crippen molar-refractivity contribution in [2.45, 2.75) is 25.9 Å². The molecule has 112 valence electrons. The predicted octanol–water partition coefficient (Wildman–Crippen LogP) is 4.65. The van der Waals surface area contributed by atoms with E-state index >= 15 is 0 Å². The van der Waals surface area contributed by atoms with Gasteiger partial charge in [0.2, 0.25) is 0 Å². The maximum atomic E-state index is 5.95. The van der Waals surface area contributed by atoms with E-state index < -0.39 is 0 Å². The number of halogens is 1. The predicted molar refractivity (Wildman–Crippen MR) is 92.1 cm³/mol. The minimum absolute atomic E-state index is 0.383. The van der Waals surface area contributed by atoms with E-state index in [9.17, 15) is 0 Å². The fourth-order valence-electron chi connectivity index (χ4n) is 2.66. The number of para-hydroxylation sites is 1. The first-order valence-corrected chi connectivity index (χ1v) is 7.75. The minimum Gasteiger partial charge on any atom is -0.370 e. The molecule has 2 aromatic carbocycles. The summed E-state index contributed by atoms with van der Waals surface area (Å²) in [6, 6.07) is 17.0. The molecule has 3 heteroatoms. The molecular weight excluding hydrogens is 280 g/mol. The van der Waals surface area contributed by atoms with Crippen molar-refractivity contribution in [2.75, 3.05) is 19.0 Å². The van der Waals surface area contributed by atoms with Gasteiger partial charge in [-0.25, -0.2) is 0 Å². The molecule has 0 radical (unpaired) electrons. The first-order chi connectivity index (χ1) is 10.2. The van der Waals surface area contributed by atoms with Crippen LogP contribution in [0.2, 0.25) is 5.02 Å². The molecule has 0 saturated heterocycles. The van der Waals surface area contributed by atoms with E-state index in [0.29, 0.717) is 6.04 Å². The third kappa shape index (κ3) is 3.99. The van der Waals surface area contributed by atoms with Crippen LogP contribution in [0.3, 0.4) is 0 Å². The highest BCUT2D eigenvalue weighted by atomic mass is 35.5. The highest BCUT2D eigenvalue weighted by molar-refractivity contribution is 6.30. The van der Waals surface area contributed by atoms with Crippen LogP contribution in [-0.4, -0.2) is 14.1 Å². The summed E-state index contributed by atoms with van der Waals surface area (Å²) in [6.45, 7) is 3.07. The maximum absolute atomic E-state index is 5.95. The third-order valence-corrected chi connectivity index (χ3v) is 4.07. The Labute approximate surface area is 132 Å². The van der Waals surface area contributed by atoms with Crippen molar-refractivity contribution in [1.82, 2.24) is 5.32 Å². The Bertz CT molecular complexity index is 562. The van der Waals surface area contributed by atoms with Crippen molar-refractivity contribution in [2.24, 2.45) is 0 Å². The number of rotatable bonds is 6. The van der Waals surface area contributed by atoms with Gasteiger partial charge in [-0.3, -0.25) is 0 Å². The Morgan fingerprint density at radius 2 is 1.76 bits per heavy atom. The Kier molecular flexibility index (Phi) is 5.66. The first-order valence-electron chi connectivity index (χ1n) is 7.37. The van der Waals surface area contributed by atoms with Gasteiger partial charge in [-0.1, -0.05) is 48.9 Å². The second-order valence-electron chi connectivity index (χ2n) is 5.29. The molecule has 2 aromatic rings. The standard InChI is InChI=1S/C18H23ClN2/c1-4-17(20-2)16-7-5-6-8-18(16)21(3)13-14-9-11-15(19)12-10-14/h5-12,17,20H,4,13H2,1-3H3. The summed E-state index contributed by atoms with van der Waals surface area (Å²) in [5, 5.41) is 4.17. The topological polar surface area (TPSA) is 15.3 Å². The van der Waals surface area contributed by atoms with Gasteiger partial charge in [0.25, 0.3) is 0 Å². The molecule has 0 bridgehead atoms. The van der Waals surface area contributed by atoms with Crippen LogP contribution in [-0.2, 0) is 6.54 Å². The van der Waals surface area contributed by atoms with Crippen LogP contribution in [0.1, 0.15) is 30.5 Å². The van der Waals surface area contributed by atoms with Gasteiger partial charge in [-0.15, -0.1) is 0 Å². The van der Waals surface area contributed by atoms with Crippen LogP contribution in [0.15, 0.2) is 48.5 Å². The van der Waals surface area contributed by atoms with E-state index in [1.165, 1.54) is 16.8 Å². The van der Waals surface area contributed by atoms with Crippen molar-refractivity contribution in [1.29, 1.82) is 0 Å². The summed E-state index contributed by atoms with van der Waals surface area (Å²) in [5.74, 6) is 0. The molecule has 0 amide bonds. The van der Waals surface area contributed by atoms with Crippen molar-refractivity contribution in [3.8, 4) is 0 Å². The molecular formula is C18H23ClN2. The number of anilines is 1. The second kappa shape index (κ2) is 7.48. The summed E-state index contributed by atoms with van der Waals surface area (Å²) in [7, 11) is 4.15. The summed E-state index contributed by atoms with van der Waals surface area (Å²) >= 11 is 5.95. The van der Waals surface area contributed by atoms with E-state index in [0.717, 1.165) is 18.0 Å². The average Bonchev–Trinajstić information content (AvgIpc) is 2.51. The number of benzene rings is 2. The zero-order valence-electron chi connectivity index (χ0n) is 12.9. The molecule has 0 saturated carbocycles. The number of hydrogen-bond donors (Lipinski definition) is 1. The van der Waals surface area contributed by atoms with E-state index in [1.54, 1.807) is 0 Å². The van der Waals surface area contributed by atoms with E-state index in [1.807, 2.05) is 19.2 Å². The lowest BCUT2D eigenvalue weighted by molar-refractivity contribution is 0.575. The van der Waals surface area contributed by atoms with Gasteiger partial charge in [0.05, 0.1) is 0 Å². The lowest BCUT2D eigenvalue weighted by Crippen LogP contribution is -2.22. The zero-order chi connectivity index (χ0) is 15.2. The van der Waals surface area contributed by atoms with Crippen LogP contribution in [0.25, 0.3) is 0 Å². The van der Waals surface area contributed by atoms with Crippen molar-refractivity contribution >= 4 is 17.3 Å². The molecule has 0 aromatic heterocycles. The van der Waals surface area contributed by atoms with E-state index in [4.69, 9.17) is 11.6 Å². The Morgan fingerprint density at radius 3 is 2.38 bits per heavy atom. The molecule has 2 rings (SSSR count). The number of hydrogen-bond acceptors (Lipinski definition) is 2. The van der Waals surface area contributed by atoms with Gasteiger partial charge >= 0.3 is 0 Å². The molecule has 1 atom stereocenters. The Balaban J connectivity index is 2.22. The molecule has 0 aliphatic rings. The highest BCUT2D eigenvalue weighted by Crippen LogP contribution is 2.28. The Morgan fingerprint density at radius 1 is 1.10 bits per heavy atom. The normalized spacial score (nSPS) is 12.2. The first kappa shape index (κ1) is 15.9. The lowest BCUT2D eigenvalue weighted by Gasteiger charge is -2.26. The lowest BCUT2D eigenvalue weighted by atomic mass is 10.0. The second-order valence-corrected chi connectivity index (χ2v) is 5.73. The smallest absolute Gasteiger partial charge is 0.0426 e. The summed E-state index contributed by atoms with van der Waals surface area (Å²) in [6.07, 6.45) is 1.07. The Hall–Kier alpha value is -1.51. The number of nitrogens with zero attached hydrogens (tertiary/aromatic N) is 1. The van der Waals surface area contributed by atoms with Crippen molar-refractivity contribution < 1.29 is 0 Å². The van der Waals surface area contributed by atoms with Crippen molar-refractivity contribution in [3.63, 3.8) is 0 Å². The summed E-state index contributed by atoms with van der Waals surface area (Å²) < 4.78 is 0. The van der Waals surface area contributed by atoms with Crippen LogP contribution >= 0.6 is 11.6 Å². The van der Waals surface area contributed by atoms with Crippen molar-refractivity contribution in [3.05, 3.63) is 64.7 Å². The van der Waals surface area contributed by atoms with Gasteiger partial charge in [0.1, 0.15) is 0 Å². The largest absolute Gasteiger partial charge is 0.370 e. The molecule has 0 fully saturated rings. The van der Waals surface area contributed by atoms with Crippen LogP contribution in [0, 0.1) is 0 Å².